The van der Waals surface area contributed by atoms with E-state index in [1.807, 2.05) is 19.2 Å². The van der Waals surface area contributed by atoms with Gasteiger partial charge in [0.15, 0.2) is 11.5 Å². The van der Waals surface area contributed by atoms with Gasteiger partial charge < -0.3 is 24.8 Å². The van der Waals surface area contributed by atoms with Crippen LogP contribution in [0.25, 0.3) is 0 Å². The average Bonchev–Trinajstić information content (AvgIpc) is 2.93. The SMILES string of the molecule is COc1ccc(CNC2CCCCCC2)cc1OCC(O)CN(C)C(C)C. The van der Waals surface area contributed by atoms with Crippen molar-refractivity contribution in [2.45, 2.75) is 77.1 Å². The zero-order valence-corrected chi connectivity index (χ0v) is 17.5. The van der Waals surface area contributed by atoms with Gasteiger partial charge in [0.25, 0.3) is 0 Å². The first-order valence-corrected chi connectivity index (χ1v) is 10.4. The van der Waals surface area contributed by atoms with Gasteiger partial charge in [-0.1, -0.05) is 31.7 Å². The lowest BCUT2D eigenvalue weighted by Crippen LogP contribution is -2.37. The van der Waals surface area contributed by atoms with Crippen molar-refractivity contribution in [2.75, 3.05) is 27.3 Å². The van der Waals surface area contributed by atoms with E-state index in [2.05, 4.69) is 30.1 Å². The van der Waals surface area contributed by atoms with Gasteiger partial charge in [-0.15, -0.1) is 0 Å². The molecule has 1 fully saturated rings. The van der Waals surface area contributed by atoms with Gasteiger partial charge in [0.1, 0.15) is 12.7 Å². The Labute approximate surface area is 165 Å². The molecule has 0 amide bonds. The molecule has 0 bridgehead atoms. The van der Waals surface area contributed by atoms with Crippen LogP contribution < -0.4 is 14.8 Å². The second-order valence-electron chi connectivity index (χ2n) is 8.05. The number of methoxy groups -OCH3 is 1. The summed E-state index contributed by atoms with van der Waals surface area (Å²) in [6, 6.07) is 7.08. The summed E-state index contributed by atoms with van der Waals surface area (Å²) in [5, 5.41) is 13.9. The largest absolute Gasteiger partial charge is 0.493 e. The first-order chi connectivity index (χ1) is 13.0. The molecule has 0 radical (unpaired) electrons. The Bertz CT molecular complexity index is 542. The van der Waals surface area contributed by atoms with Crippen molar-refractivity contribution in [3.8, 4) is 11.5 Å². The molecule has 1 atom stereocenters. The summed E-state index contributed by atoms with van der Waals surface area (Å²) >= 11 is 0. The van der Waals surface area contributed by atoms with Crippen LogP contribution in [0.15, 0.2) is 18.2 Å². The minimum Gasteiger partial charge on any atom is -0.493 e. The molecule has 1 aliphatic rings. The zero-order valence-electron chi connectivity index (χ0n) is 17.5. The predicted octanol–water partition coefficient (Wildman–Crippen LogP) is 3.59. The third-order valence-electron chi connectivity index (χ3n) is 5.49. The predicted molar refractivity (Wildman–Crippen MR) is 111 cm³/mol. The fourth-order valence-corrected chi connectivity index (χ4v) is 3.47. The van der Waals surface area contributed by atoms with Gasteiger partial charge in [-0.2, -0.15) is 0 Å². The van der Waals surface area contributed by atoms with E-state index in [0.717, 1.165) is 6.54 Å². The quantitative estimate of drug-likeness (QED) is 0.610. The summed E-state index contributed by atoms with van der Waals surface area (Å²) in [6.45, 7) is 5.90. The molecule has 154 valence electrons. The van der Waals surface area contributed by atoms with Gasteiger partial charge in [0.05, 0.1) is 7.11 Å². The van der Waals surface area contributed by atoms with Gasteiger partial charge in [0.2, 0.25) is 0 Å². The molecule has 5 heteroatoms. The van der Waals surface area contributed by atoms with E-state index in [4.69, 9.17) is 9.47 Å². The number of likely N-dealkylation sites (N-methyl/N-ethyl adjacent to an activating group) is 1. The van der Waals surface area contributed by atoms with Crippen LogP contribution in [-0.2, 0) is 6.54 Å². The second-order valence-corrected chi connectivity index (χ2v) is 8.05. The Hall–Kier alpha value is -1.30. The van der Waals surface area contributed by atoms with Crippen molar-refractivity contribution < 1.29 is 14.6 Å². The molecular formula is C22H38N2O3. The van der Waals surface area contributed by atoms with E-state index < -0.39 is 6.10 Å². The summed E-state index contributed by atoms with van der Waals surface area (Å²) < 4.78 is 11.3. The number of hydrogen-bond acceptors (Lipinski definition) is 5. The van der Waals surface area contributed by atoms with Gasteiger partial charge in [-0.3, -0.25) is 0 Å². The number of hydrogen-bond donors (Lipinski definition) is 2. The Morgan fingerprint density at radius 2 is 1.85 bits per heavy atom. The number of rotatable bonds is 10. The second kappa shape index (κ2) is 11.5. The third kappa shape index (κ3) is 7.68. The highest BCUT2D eigenvalue weighted by Crippen LogP contribution is 2.28. The van der Waals surface area contributed by atoms with Crippen molar-refractivity contribution in [2.24, 2.45) is 0 Å². The van der Waals surface area contributed by atoms with Crippen LogP contribution in [0.3, 0.4) is 0 Å². The molecule has 1 aromatic carbocycles. The number of benzene rings is 1. The molecule has 5 nitrogen and oxygen atoms in total. The lowest BCUT2D eigenvalue weighted by molar-refractivity contribution is 0.0668. The van der Waals surface area contributed by atoms with Gasteiger partial charge in [-0.05, 0) is 51.4 Å². The van der Waals surface area contributed by atoms with E-state index in [-0.39, 0.29) is 6.61 Å². The Morgan fingerprint density at radius 3 is 2.48 bits per heavy atom. The summed E-state index contributed by atoms with van der Waals surface area (Å²) in [4.78, 5) is 2.11. The van der Waals surface area contributed by atoms with E-state index in [0.29, 0.717) is 30.1 Å². The van der Waals surface area contributed by atoms with E-state index in [1.165, 1.54) is 44.1 Å². The molecule has 0 aliphatic heterocycles. The number of aliphatic hydroxyl groups is 1. The standard InChI is InChI=1S/C22H38N2O3/c1-17(2)24(3)15-20(25)16-27-22-13-18(11-12-21(22)26-4)14-23-19-9-7-5-6-8-10-19/h11-13,17,19-20,23,25H,5-10,14-16H2,1-4H3. The number of ether oxygens (including phenoxy) is 2. The zero-order chi connectivity index (χ0) is 19.6. The lowest BCUT2D eigenvalue weighted by atomic mass is 10.1. The number of nitrogens with one attached hydrogen (secondary N) is 1. The third-order valence-corrected chi connectivity index (χ3v) is 5.49. The molecule has 0 saturated heterocycles. The topological polar surface area (TPSA) is 54.0 Å². The summed E-state index contributed by atoms with van der Waals surface area (Å²) in [6.07, 6.45) is 7.41. The molecule has 2 rings (SSSR count). The smallest absolute Gasteiger partial charge is 0.161 e. The van der Waals surface area contributed by atoms with Crippen molar-refractivity contribution in [1.29, 1.82) is 0 Å². The maximum Gasteiger partial charge on any atom is 0.161 e. The monoisotopic (exact) mass is 378 g/mol. The van der Waals surface area contributed by atoms with Crippen LogP contribution in [0.5, 0.6) is 11.5 Å². The normalized spacial score (nSPS) is 17.1. The van der Waals surface area contributed by atoms with Crippen LogP contribution in [0.2, 0.25) is 0 Å². The highest BCUT2D eigenvalue weighted by atomic mass is 16.5. The molecule has 2 N–H and O–H groups in total. The molecule has 1 aliphatic carbocycles. The van der Waals surface area contributed by atoms with E-state index in [9.17, 15) is 5.11 Å². The summed E-state index contributed by atoms with van der Waals surface area (Å²) in [5.41, 5.74) is 1.18. The number of aliphatic hydroxyl groups excluding tert-OH is 1. The Kier molecular flexibility index (Phi) is 9.39. The molecule has 0 aromatic heterocycles. The van der Waals surface area contributed by atoms with Crippen molar-refractivity contribution >= 4 is 0 Å². The van der Waals surface area contributed by atoms with Gasteiger partial charge >= 0.3 is 0 Å². The molecule has 27 heavy (non-hydrogen) atoms. The molecular weight excluding hydrogens is 340 g/mol. The highest BCUT2D eigenvalue weighted by Gasteiger charge is 2.15. The number of nitrogens with zero attached hydrogens (tertiary/aromatic N) is 1. The Morgan fingerprint density at radius 1 is 1.15 bits per heavy atom. The van der Waals surface area contributed by atoms with Crippen LogP contribution >= 0.6 is 0 Å². The van der Waals surface area contributed by atoms with E-state index in [1.54, 1.807) is 7.11 Å². The van der Waals surface area contributed by atoms with Gasteiger partial charge in [0, 0.05) is 25.2 Å². The van der Waals surface area contributed by atoms with Crippen molar-refractivity contribution in [1.82, 2.24) is 10.2 Å². The van der Waals surface area contributed by atoms with Crippen LogP contribution in [0.1, 0.15) is 57.9 Å². The van der Waals surface area contributed by atoms with Crippen molar-refractivity contribution in [3.63, 3.8) is 0 Å². The molecule has 1 unspecified atom stereocenters. The fraction of sp³-hybridized carbons (Fsp3) is 0.727. The molecule has 0 spiro atoms. The maximum absolute atomic E-state index is 10.2. The fourth-order valence-electron chi connectivity index (χ4n) is 3.47. The first kappa shape index (κ1) is 22.0. The summed E-state index contributed by atoms with van der Waals surface area (Å²) in [7, 11) is 3.66. The van der Waals surface area contributed by atoms with Crippen LogP contribution in [-0.4, -0.2) is 55.5 Å². The maximum atomic E-state index is 10.2. The van der Waals surface area contributed by atoms with Crippen LogP contribution in [0, 0.1) is 0 Å². The van der Waals surface area contributed by atoms with Crippen molar-refractivity contribution in [3.05, 3.63) is 23.8 Å². The minimum atomic E-state index is -0.533. The lowest BCUT2D eigenvalue weighted by Gasteiger charge is -2.24. The van der Waals surface area contributed by atoms with Gasteiger partial charge in [-0.25, -0.2) is 0 Å². The molecule has 1 aromatic rings. The van der Waals surface area contributed by atoms with E-state index >= 15 is 0 Å². The Balaban J connectivity index is 1.89. The highest BCUT2D eigenvalue weighted by molar-refractivity contribution is 5.43. The first-order valence-electron chi connectivity index (χ1n) is 10.4. The summed E-state index contributed by atoms with van der Waals surface area (Å²) in [5.74, 6) is 1.40. The minimum absolute atomic E-state index is 0.257. The average molecular weight is 379 g/mol. The molecule has 1 saturated carbocycles. The van der Waals surface area contributed by atoms with Crippen LogP contribution in [0.4, 0.5) is 0 Å². The molecule has 0 heterocycles.